The highest BCUT2D eigenvalue weighted by Crippen LogP contribution is 2.38. The van der Waals surface area contributed by atoms with E-state index in [0.717, 1.165) is 0 Å². The van der Waals surface area contributed by atoms with Crippen molar-refractivity contribution in [1.82, 2.24) is 39.4 Å². The Bertz CT molecular complexity index is 1660. The first-order valence-electron chi connectivity index (χ1n) is 11.8. The topological polar surface area (TPSA) is 156 Å². The maximum atomic E-state index is 11.7. The molecule has 1 aromatic carbocycles. The van der Waals surface area contributed by atoms with Crippen LogP contribution in [0.4, 0.5) is 0 Å². The summed E-state index contributed by atoms with van der Waals surface area (Å²) in [4.78, 5) is 17.8. The quantitative estimate of drug-likeness (QED) is 0.247. The summed E-state index contributed by atoms with van der Waals surface area (Å²) in [5.74, 6) is 2.04. The molecular formula is C25H24N8O5S. The molecule has 0 saturated heterocycles. The molecule has 0 aliphatic rings. The van der Waals surface area contributed by atoms with E-state index in [1.807, 2.05) is 13.0 Å². The van der Waals surface area contributed by atoms with Gasteiger partial charge in [0.1, 0.15) is 28.9 Å². The zero-order chi connectivity index (χ0) is 27.4. The molecule has 0 aliphatic carbocycles. The van der Waals surface area contributed by atoms with Gasteiger partial charge in [-0.25, -0.2) is 33.1 Å². The number of thiol groups is 1. The van der Waals surface area contributed by atoms with Crippen LogP contribution in [0.25, 0.3) is 28.4 Å². The molecule has 4 aromatic heterocycles. The lowest BCUT2D eigenvalue weighted by molar-refractivity contribution is 0.327. The number of methoxy groups -OCH3 is 2. The number of fused-ring (bicyclic) bond motifs is 1. The van der Waals surface area contributed by atoms with Crippen molar-refractivity contribution in [3.8, 4) is 34.6 Å². The molecule has 200 valence electrons. The Morgan fingerprint density at radius 3 is 2.33 bits per heavy atom. The smallest absolute Gasteiger partial charge is 0.213 e. The van der Waals surface area contributed by atoms with Crippen LogP contribution in [-0.2, 0) is 10.9 Å². The van der Waals surface area contributed by atoms with Crippen LogP contribution in [0.5, 0.6) is 17.4 Å². The van der Waals surface area contributed by atoms with Crippen molar-refractivity contribution in [2.24, 2.45) is 0 Å². The maximum absolute atomic E-state index is 11.7. The highest BCUT2D eigenvalue weighted by atomic mass is 32.2. The fourth-order valence-electron chi connectivity index (χ4n) is 4.08. The number of ether oxygens (including phenoxy) is 3. The minimum Gasteiger partial charge on any atom is -0.494 e. The summed E-state index contributed by atoms with van der Waals surface area (Å²) >= 11 is 0. The third-order valence-electron chi connectivity index (χ3n) is 5.68. The molecule has 39 heavy (non-hydrogen) atoms. The van der Waals surface area contributed by atoms with Gasteiger partial charge in [-0.1, -0.05) is 12.1 Å². The zero-order valence-corrected chi connectivity index (χ0v) is 22.1. The van der Waals surface area contributed by atoms with Gasteiger partial charge in [0.25, 0.3) is 0 Å². The normalized spacial score (nSPS) is 12.0. The number of hydrogen-bond donors (Lipinski definition) is 2. The number of nitrogens with one attached hydrogen (secondary N) is 1. The van der Waals surface area contributed by atoms with Gasteiger partial charge >= 0.3 is 0 Å². The second kappa shape index (κ2) is 11.4. The van der Waals surface area contributed by atoms with E-state index in [1.54, 1.807) is 61.3 Å². The molecule has 1 atom stereocenters. The van der Waals surface area contributed by atoms with Crippen molar-refractivity contribution >= 4 is 22.1 Å². The van der Waals surface area contributed by atoms with E-state index in [1.165, 1.54) is 12.4 Å². The number of para-hydroxylation sites is 1. The molecule has 0 radical (unpaired) electrons. The predicted molar refractivity (Wildman–Crippen MR) is 141 cm³/mol. The van der Waals surface area contributed by atoms with Crippen molar-refractivity contribution < 1.29 is 22.6 Å². The number of imidazole rings is 1. The van der Waals surface area contributed by atoms with E-state index in [0.29, 0.717) is 46.7 Å². The largest absolute Gasteiger partial charge is 0.494 e. The molecule has 1 N–H and O–H groups in total. The molecule has 0 spiro atoms. The number of pyridine rings is 1. The molecule has 0 bridgehead atoms. The predicted octanol–water partition coefficient (Wildman–Crippen LogP) is 2.29. The Hall–Kier alpha value is -4.69. The average molecular weight is 549 g/mol. The van der Waals surface area contributed by atoms with E-state index in [4.69, 9.17) is 19.2 Å². The molecule has 14 heteroatoms. The number of nitrogens with zero attached hydrogens (tertiary/aromatic N) is 7. The van der Waals surface area contributed by atoms with Gasteiger partial charge in [0.2, 0.25) is 22.4 Å². The molecule has 0 amide bonds. The first-order chi connectivity index (χ1) is 19.0. The van der Waals surface area contributed by atoms with Crippen LogP contribution >= 0.6 is 0 Å². The van der Waals surface area contributed by atoms with Crippen molar-refractivity contribution in [2.75, 3.05) is 20.8 Å². The van der Waals surface area contributed by atoms with Gasteiger partial charge in [0.05, 0.1) is 32.0 Å². The molecule has 0 aliphatic heterocycles. The molecule has 5 rings (SSSR count). The van der Waals surface area contributed by atoms with E-state index >= 15 is 0 Å². The lowest BCUT2D eigenvalue weighted by Crippen LogP contribution is -2.24. The molecule has 1 unspecified atom stereocenters. The Morgan fingerprint density at radius 2 is 1.67 bits per heavy atom. The van der Waals surface area contributed by atoms with Crippen LogP contribution < -0.4 is 18.9 Å². The van der Waals surface area contributed by atoms with Gasteiger partial charge < -0.3 is 14.2 Å². The highest BCUT2D eigenvalue weighted by molar-refractivity contribution is 7.70. The summed E-state index contributed by atoms with van der Waals surface area (Å²) in [6.07, 6.45) is 3.03. The fourth-order valence-corrected chi connectivity index (χ4v) is 4.54. The molecule has 5 aromatic rings. The Labute approximate surface area is 224 Å². The molecule has 13 nitrogen and oxygen atoms in total. The van der Waals surface area contributed by atoms with Crippen LogP contribution in [-0.4, -0.2) is 63.9 Å². The molecule has 0 fully saturated rings. The van der Waals surface area contributed by atoms with Crippen LogP contribution in [0.2, 0.25) is 0 Å². The number of hydrogen-bond acceptors (Lipinski definition) is 11. The summed E-state index contributed by atoms with van der Waals surface area (Å²) in [7, 11) is 0.0789. The minimum atomic E-state index is -3.02. The van der Waals surface area contributed by atoms with Crippen LogP contribution in [0, 0.1) is 0 Å². The second-order valence-corrected chi connectivity index (χ2v) is 8.75. The Morgan fingerprint density at radius 1 is 0.949 bits per heavy atom. The van der Waals surface area contributed by atoms with E-state index < -0.39 is 16.9 Å². The van der Waals surface area contributed by atoms with E-state index in [9.17, 15) is 8.42 Å². The summed E-state index contributed by atoms with van der Waals surface area (Å²) < 4.78 is 44.6. The van der Waals surface area contributed by atoms with Crippen molar-refractivity contribution in [3.05, 3.63) is 72.4 Å². The van der Waals surface area contributed by atoms with E-state index in [-0.39, 0.29) is 17.2 Å². The van der Waals surface area contributed by atoms with Crippen LogP contribution in [0.15, 0.2) is 60.9 Å². The number of aromatic nitrogens is 7. The first kappa shape index (κ1) is 25.9. The lowest BCUT2D eigenvalue weighted by atomic mass is 10.2. The molecule has 0 saturated carbocycles. The van der Waals surface area contributed by atoms with Gasteiger partial charge in [-0.2, -0.15) is 5.10 Å². The average Bonchev–Trinajstić information content (AvgIpc) is 3.34. The van der Waals surface area contributed by atoms with E-state index in [2.05, 4.69) is 29.9 Å². The number of benzene rings is 1. The van der Waals surface area contributed by atoms with Crippen molar-refractivity contribution in [3.63, 3.8) is 0 Å². The summed E-state index contributed by atoms with van der Waals surface area (Å²) in [5, 5.41) is 8.59. The zero-order valence-electron chi connectivity index (χ0n) is 21.2. The Kier molecular flexibility index (Phi) is 7.56. The molecule has 4 heterocycles. The van der Waals surface area contributed by atoms with Crippen molar-refractivity contribution in [1.29, 1.82) is 0 Å². The van der Waals surface area contributed by atoms with Gasteiger partial charge in [-0.05, 0) is 37.3 Å². The van der Waals surface area contributed by atoms with Gasteiger partial charge in [0.15, 0.2) is 11.6 Å². The fraction of sp³-hybridized carbons (Fsp3) is 0.200. The summed E-state index contributed by atoms with van der Waals surface area (Å²) in [6.45, 7) is 2.32. The highest BCUT2D eigenvalue weighted by Gasteiger charge is 2.26. The lowest BCUT2D eigenvalue weighted by Gasteiger charge is -2.17. The monoisotopic (exact) mass is 548 g/mol. The second-order valence-electron chi connectivity index (χ2n) is 7.98. The van der Waals surface area contributed by atoms with Gasteiger partial charge in [-0.3, -0.25) is 4.57 Å². The third kappa shape index (κ3) is 5.19. The summed E-state index contributed by atoms with van der Waals surface area (Å²) in [5.41, 5.74) is 2.07. The SMILES string of the molecule is CCOc1cccc(-c2nc3nnc(C(N[SH](=O)=O)c4ncccn4)cc3n2-c2c(OC)cccc2OC)n1. The third-order valence-corrected chi connectivity index (χ3v) is 6.15. The molecular weight excluding hydrogens is 524 g/mol. The number of rotatable bonds is 10. The van der Waals surface area contributed by atoms with Crippen LogP contribution in [0.1, 0.15) is 24.5 Å². The van der Waals surface area contributed by atoms with Crippen LogP contribution in [0.3, 0.4) is 0 Å². The Balaban J connectivity index is 1.81. The van der Waals surface area contributed by atoms with Crippen molar-refractivity contribution in [2.45, 2.75) is 13.0 Å². The first-order valence-corrected chi connectivity index (χ1v) is 13.0. The minimum absolute atomic E-state index is 0.206. The van der Waals surface area contributed by atoms with Gasteiger partial charge in [-0.15, -0.1) is 5.10 Å². The van der Waals surface area contributed by atoms with Gasteiger partial charge in [0, 0.05) is 18.5 Å². The summed E-state index contributed by atoms with van der Waals surface area (Å²) in [6, 6.07) is 13.0. The maximum Gasteiger partial charge on any atom is 0.213 e. The standard InChI is InChI=1S/C25H24N8O5S/c1-4-38-20-11-5-8-15(28-20)25-29-23-17(33(25)22-18(36-2)9-6-10-19(22)37-3)14-16(30-31-23)21(32-39(34)35)24-26-12-7-13-27-24/h5-14,21,39H,4H2,1-3H3,(H,32,34,35).